The molecule has 20 heavy (non-hydrogen) atoms. The maximum atomic E-state index is 5.75. The molecular weight excluding hydrogens is 246 g/mol. The van der Waals surface area contributed by atoms with Gasteiger partial charge in [0.2, 0.25) is 0 Å². The van der Waals surface area contributed by atoms with Gasteiger partial charge in [-0.2, -0.15) is 0 Å². The molecule has 1 heterocycles. The molecule has 0 aliphatic carbocycles. The van der Waals surface area contributed by atoms with Crippen molar-refractivity contribution in [1.29, 1.82) is 0 Å². The van der Waals surface area contributed by atoms with Crippen LogP contribution in [0.3, 0.4) is 0 Å². The van der Waals surface area contributed by atoms with Crippen LogP contribution in [0, 0.1) is 0 Å². The quantitative estimate of drug-likeness (QED) is 0.787. The number of hydrogen-bond donors (Lipinski definition) is 1. The third-order valence-electron chi connectivity index (χ3n) is 3.09. The van der Waals surface area contributed by atoms with E-state index in [2.05, 4.69) is 9.97 Å². The zero-order valence-corrected chi connectivity index (χ0v) is 11.0. The summed E-state index contributed by atoms with van der Waals surface area (Å²) in [7, 11) is 0. The van der Waals surface area contributed by atoms with Crippen LogP contribution in [0.5, 0.6) is 0 Å². The van der Waals surface area contributed by atoms with Crippen molar-refractivity contribution in [2.75, 3.05) is 0 Å². The molecule has 0 bridgehead atoms. The molecule has 0 radical (unpaired) electrons. The molecule has 0 saturated carbocycles. The highest BCUT2D eigenvalue weighted by atomic mass is 14.9. The predicted octanol–water partition coefficient (Wildman–Crippen LogP) is 3.27. The number of aromatic nitrogens is 2. The number of nitrogens with two attached hydrogens (primary N) is 1. The normalized spacial score (nSPS) is 10.4. The maximum absolute atomic E-state index is 5.75. The van der Waals surface area contributed by atoms with Crippen molar-refractivity contribution < 1.29 is 0 Å². The second kappa shape index (κ2) is 5.63. The average Bonchev–Trinajstić information content (AvgIpc) is 2.56. The molecule has 0 spiro atoms. The lowest BCUT2D eigenvalue weighted by Crippen LogP contribution is -2.03. The molecule has 98 valence electrons. The van der Waals surface area contributed by atoms with Gasteiger partial charge in [-0.05, 0) is 6.07 Å². The lowest BCUT2D eigenvalue weighted by Gasteiger charge is -2.07. The topological polar surface area (TPSA) is 51.8 Å². The van der Waals surface area contributed by atoms with Crippen molar-refractivity contribution in [2.45, 2.75) is 6.54 Å². The lowest BCUT2D eigenvalue weighted by atomic mass is 10.1. The Morgan fingerprint density at radius 3 is 1.95 bits per heavy atom. The number of hydrogen-bond acceptors (Lipinski definition) is 3. The molecule has 2 N–H and O–H groups in total. The summed E-state index contributed by atoms with van der Waals surface area (Å²) in [6.45, 7) is 0.405. The van der Waals surface area contributed by atoms with Crippen LogP contribution in [0.15, 0.2) is 66.7 Å². The summed E-state index contributed by atoms with van der Waals surface area (Å²) < 4.78 is 0. The molecule has 0 unspecified atom stereocenters. The van der Waals surface area contributed by atoms with E-state index in [1.165, 1.54) is 0 Å². The largest absolute Gasteiger partial charge is 0.325 e. The fourth-order valence-electron chi connectivity index (χ4n) is 2.08. The minimum absolute atomic E-state index is 0.405. The van der Waals surface area contributed by atoms with Crippen molar-refractivity contribution >= 4 is 0 Å². The van der Waals surface area contributed by atoms with E-state index in [9.17, 15) is 0 Å². The van der Waals surface area contributed by atoms with E-state index in [-0.39, 0.29) is 0 Å². The summed E-state index contributed by atoms with van der Waals surface area (Å²) in [5, 5.41) is 0. The minimum Gasteiger partial charge on any atom is -0.325 e. The summed E-state index contributed by atoms with van der Waals surface area (Å²) in [5.41, 5.74) is 9.57. The zero-order valence-electron chi connectivity index (χ0n) is 11.0. The molecule has 3 heteroatoms. The SMILES string of the molecule is NCc1cc(-c2ccccc2)nc(-c2ccccc2)n1. The third kappa shape index (κ3) is 2.58. The molecule has 1 aromatic heterocycles. The van der Waals surface area contributed by atoms with Crippen LogP contribution in [-0.4, -0.2) is 9.97 Å². The molecule has 0 fully saturated rings. The summed E-state index contributed by atoms with van der Waals surface area (Å²) >= 11 is 0. The maximum Gasteiger partial charge on any atom is 0.160 e. The third-order valence-corrected chi connectivity index (χ3v) is 3.09. The summed E-state index contributed by atoms with van der Waals surface area (Å²) in [5.74, 6) is 0.715. The van der Waals surface area contributed by atoms with E-state index in [4.69, 9.17) is 5.73 Å². The highest BCUT2D eigenvalue weighted by Gasteiger charge is 2.07. The fraction of sp³-hybridized carbons (Fsp3) is 0.0588. The zero-order chi connectivity index (χ0) is 13.8. The highest BCUT2D eigenvalue weighted by Crippen LogP contribution is 2.22. The van der Waals surface area contributed by atoms with Gasteiger partial charge in [0.25, 0.3) is 0 Å². The number of benzene rings is 2. The van der Waals surface area contributed by atoms with Gasteiger partial charge in [0.15, 0.2) is 5.82 Å². The molecule has 0 atom stereocenters. The molecule has 3 aromatic rings. The molecule has 3 nitrogen and oxygen atoms in total. The Hall–Kier alpha value is -2.52. The van der Waals surface area contributed by atoms with Crippen LogP contribution in [0.1, 0.15) is 5.69 Å². The van der Waals surface area contributed by atoms with E-state index in [1.54, 1.807) is 0 Å². The van der Waals surface area contributed by atoms with E-state index in [0.717, 1.165) is 22.5 Å². The van der Waals surface area contributed by atoms with Gasteiger partial charge in [-0.3, -0.25) is 0 Å². The van der Waals surface area contributed by atoms with Crippen LogP contribution >= 0.6 is 0 Å². The Balaban J connectivity index is 2.13. The van der Waals surface area contributed by atoms with E-state index in [0.29, 0.717) is 12.4 Å². The Morgan fingerprint density at radius 2 is 1.35 bits per heavy atom. The first-order valence-electron chi connectivity index (χ1n) is 6.55. The Bertz CT molecular complexity index is 636. The first kappa shape index (κ1) is 12.5. The van der Waals surface area contributed by atoms with Gasteiger partial charge in [-0.25, -0.2) is 9.97 Å². The second-order valence-electron chi connectivity index (χ2n) is 4.50. The van der Waals surface area contributed by atoms with E-state index >= 15 is 0 Å². The van der Waals surface area contributed by atoms with Crippen LogP contribution in [0.25, 0.3) is 22.6 Å². The number of rotatable bonds is 3. The van der Waals surface area contributed by atoms with E-state index in [1.807, 2.05) is 66.7 Å². The van der Waals surface area contributed by atoms with Gasteiger partial charge in [-0.15, -0.1) is 0 Å². The summed E-state index contributed by atoms with van der Waals surface area (Å²) in [6, 6.07) is 22.0. The van der Waals surface area contributed by atoms with Crippen LogP contribution in [-0.2, 0) is 6.54 Å². The Labute approximate surface area is 118 Å². The highest BCUT2D eigenvalue weighted by molar-refractivity contribution is 5.64. The lowest BCUT2D eigenvalue weighted by molar-refractivity contribution is 0.972. The molecule has 0 aliphatic heterocycles. The smallest absolute Gasteiger partial charge is 0.160 e. The fourth-order valence-corrected chi connectivity index (χ4v) is 2.08. The van der Waals surface area contributed by atoms with Gasteiger partial charge < -0.3 is 5.73 Å². The van der Waals surface area contributed by atoms with Gasteiger partial charge in [0.05, 0.1) is 11.4 Å². The molecular formula is C17H15N3. The van der Waals surface area contributed by atoms with Gasteiger partial charge in [0.1, 0.15) is 0 Å². The minimum atomic E-state index is 0.405. The van der Waals surface area contributed by atoms with Crippen molar-refractivity contribution in [3.63, 3.8) is 0 Å². The van der Waals surface area contributed by atoms with Crippen LogP contribution < -0.4 is 5.73 Å². The van der Waals surface area contributed by atoms with Crippen LogP contribution in [0.2, 0.25) is 0 Å². The molecule has 0 saturated heterocycles. The van der Waals surface area contributed by atoms with Gasteiger partial charge in [-0.1, -0.05) is 60.7 Å². The first-order chi connectivity index (χ1) is 9.86. The molecule has 0 aliphatic rings. The van der Waals surface area contributed by atoms with Crippen molar-refractivity contribution in [1.82, 2.24) is 9.97 Å². The van der Waals surface area contributed by atoms with Crippen molar-refractivity contribution in [3.8, 4) is 22.6 Å². The predicted molar refractivity (Wildman–Crippen MR) is 80.8 cm³/mol. The average molecular weight is 261 g/mol. The monoisotopic (exact) mass is 261 g/mol. The van der Waals surface area contributed by atoms with Gasteiger partial charge >= 0.3 is 0 Å². The summed E-state index contributed by atoms with van der Waals surface area (Å²) in [6.07, 6.45) is 0. The van der Waals surface area contributed by atoms with Crippen LogP contribution in [0.4, 0.5) is 0 Å². The second-order valence-corrected chi connectivity index (χ2v) is 4.50. The standard InChI is InChI=1S/C17H15N3/c18-12-15-11-16(13-7-3-1-4-8-13)20-17(19-15)14-9-5-2-6-10-14/h1-11H,12,18H2. The molecule has 3 rings (SSSR count). The molecule has 2 aromatic carbocycles. The Kier molecular flexibility index (Phi) is 3.52. The van der Waals surface area contributed by atoms with Crippen molar-refractivity contribution in [2.24, 2.45) is 5.73 Å². The molecule has 0 amide bonds. The summed E-state index contributed by atoms with van der Waals surface area (Å²) in [4.78, 5) is 9.17. The van der Waals surface area contributed by atoms with Gasteiger partial charge in [0, 0.05) is 17.7 Å². The van der Waals surface area contributed by atoms with Crippen molar-refractivity contribution in [3.05, 3.63) is 72.4 Å². The Morgan fingerprint density at radius 1 is 0.750 bits per heavy atom. The van der Waals surface area contributed by atoms with E-state index < -0.39 is 0 Å². The number of nitrogens with zero attached hydrogens (tertiary/aromatic N) is 2. The first-order valence-corrected chi connectivity index (χ1v) is 6.55.